The number of benzene rings is 1. The van der Waals surface area contributed by atoms with Gasteiger partial charge in [0.2, 0.25) is 5.91 Å². The van der Waals surface area contributed by atoms with Crippen molar-refractivity contribution in [3.05, 3.63) is 29.8 Å². The number of amides is 1. The zero-order valence-corrected chi connectivity index (χ0v) is 10.7. The standard InChI is InChI=1S/C14H20N2O2/c1-16(10-12-5-2-3-7-13(12)17)14(18)11-6-4-8-15-9-11/h2-3,5,7,11,15,17H,4,6,8-10H2,1H3. The van der Waals surface area contributed by atoms with Crippen molar-refractivity contribution >= 4 is 5.91 Å². The highest BCUT2D eigenvalue weighted by molar-refractivity contribution is 5.79. The van der Waals surface area contributed by atoms with Crippen molar-refractivity contribution in [2.75, 3.05) is 20.1 Å². The number of carbonyl (C=O) groups is 1. The maximum absolute atomic E-state index is 12.2. The molecule has 1 atom stereocenters. The van der Waals surface area contributed by atoms with E-state index in [0.29, 0.717) is 6.54 Å². The first-order valence-corrected chi connectivity index (χ1v) is 6.41. The molecule has 98 valence electrons. The van der Waals surface area contributed by atoms with Gasteiger partial charge >= 0.3 is 0 Å². The monoisotopic (exact) mass is 248 g/mol. The molecule has 2 rings (SSSR count). The Kier molecular flexibility index (Phi) is 4.20. The van der Waals surface area contributed by atoms with Crippen LogP contribution in [0.1, 0.15) is 18.4 Å². The van der Waals surface area contributed by atoms with Gasteiger partial charge < -0.3 is 15.3 Å². The lowest BCUT2D eigenvalue weighted by molar-refractivity contribution is -0.135. The van der Waals surface area contributed by atoms with Gasteiger partial charge in [0.1, 0.15) is 5.75 Å². The van der Waals surface area contributed by atoms with Crippen molar-refractivity contribution in [3.8, 4) is 5.75 Å². The minimum Gasteiger partial charge on any atom is -0.508 e. The van der Waals surface area contributed by atoms with Crippen LogP contribution in [0.3, 0.4) is 0 Å². The third kappa shape index (κ3) is 3.01. The molecule has 4 heteroatoms. The highest BCUT2D eigenvalue weighted by Crippen LogP contribution is 2.19. The number of phenolic OH excluding ortho intramolecular Hbond substituents is 1. The molecule has 4 nitrogen and oxygen atoms in total. The summed E-state index contributed by atoms with van der Waals surface area (Å²) >= 11 is 0. The van der Waals surface area contributed by atoms with E-state index in [1.54, 1.807) is 24.1 Å². The lowest BCUT2D eigenvalue weighted by Gasteiger charge is -2.27. The van der Waals surface area contributed by atoms with E-state index in [9.17, 15) is 9.90 Å². The highest BCUT2D eigenvalue weighted by Gasteiger charge is 2.24. The van der Waals surface area contributed by atoms with Gasteiger partial charge in [0, 0.05) is 25.7 Å². The number of rotatable bonds is 3. The fraction of sp³-hybridized carbons (Fsp3) is 0.500. The first kappa shape index (κ1) is 12.9. The number of nitrogens with one attached hydrogen (secondary N) is 1. The molecular formula is C14H20N2O2. The van der Waals surface area contributed by atoms with Crippen LogP contribution >= 0.6 is 0 Å². The van der Waals surface area contributed by atoms with Gasteiger partial charge in [0.05, 0.1) is 5.92 Å². The fourth-order valence-corrected chi connectivity index (χ4v) is 2.35. The molecule has 0 aromatic heterocycles. The maximum Gasteiger partial charge on any atom is 0.227 e. The van der Waals surface area contributed by atoms with Gasteiger partial charge in [-0.2, -0.15) is 0 Å². The van der Waals surface area contributed by atoms with Gasteiger partial charge in [-0.15, -0.1) is 0 Å². The second kappa shape index (κ2) is 5.87. The van der Waals surface area contributed by atoms with E-state index in [1.165, 1.54) is 0 Å². The van der Waals surface area contributed by atoms with Crippen molar-refractivity contribution in [1.29, 1.82) is 0 Å². The van der Waals surface area contributed by atoms with Crippen molar-refractivity contribution in [2.24, 2.45) is 5.92 Å². The number of aromatic hydroxyl groups is 1. The second-order valence-corrected chi connectivity index (χ2v) is 4.87. The lowest BCUT2D eigenvalue weighted by atomic mass is 9.98. The van der Waals surface area contributed by atoms with Crippen LogP contribution < -0.4 is 5.32 Å². The number of piperidine rings is 1. The van der Waals surface area contributed by atoms with Crippen LogP contribution in [0.5, 0.6) is 5.75 Å². The van der Waals surface area contributed by atoms with Crippen LogP contribution in [0.4, 0.5) is 0 Å². The quantitative estimate of drug-likeness (QED) is 0.849. The lowest BCUT2D eigenvalue weighted by Crippen LogP contribution is -2.41. The molecule has 18 heavy (non-hydrogen) atoms. The Morgan fingerprint density at radius 1 is 1.50 bits per heavy atom. The number of hydrogen-bond donors (Lipinski definition) is 2. The zero-order valence-electron chi connectivity index (χ0n) is 10.7. The molecule has 0 spiro atoms. The molecule has 2 N–H and O–H groups in total. The molecule has 1 fully saturated rings. The Balaban J connectivity index is 1.96. The van der Waals surface area contributed by atoms with Gasteiger partial charge in [-0.1, -0.05) is 18.2 Å². The van der Waals surface area contributed by atoms with Crippen LogP contribution in [0.25, 0.3) is 0 Å². The predicted molar refractivity (Wildman–Crippen MR) is 70.2 cm³/mol. The molecule has 1 amide bonds. The minimum absolute atomic E-state index is 0.0783. The molecule has 1 aromatic carbocycles. The Morgan fingerprint density at radius 3 is 2.94 bits per heavy atom. The molecule has 1 saturated heterocycles. The number of para-hydroxylation sites is 1. The van der Waals surface area contributed by atoms with Crippen LogP contribution in [0, 0.1) is 5.92 Å². The first-order chi connectivity index (χ1) is 8.68. The molecule has 0 saturated carbocycles. The molecular weight excluding hydrogens is 228 g/mol. The minimum atomic E-state index is 0.0783. The van der Waals surface area contributed by atoms with Gasteiger partial charge in [0.15, 0.2) is 0 Å². The fourth-order valence-electron chi connectivity index (χ4n) is 2.35. The van der Waals surface area contributed by atoms with E-state index >= 15 is 0 Å². The number of nitrogens with zero attached hydrogens (tertiary/aromatic N) is 1. The predicted octanol–water partition coefficient (Wildman–Crippen LogP) is 1.35. The molecule has 0 bridgehead atoms. The summed E-state index contributed by atoms with van der Waals surface area (Å²) in [7, 11) is 1.80. The molecule has 1 heterocycles. The third-order valence-corrected chi connectivity index (χ3v) is 3.42. The molecule has 0 radical (unpaired) electrons. The second-order valence-electron chi connectivity index (χ2n) is 4.87. The van der Waals surface area contributed by atoms with Gasteiger partial charge in [-0.05, 0) is 25.5 Å². The van der Waals surface area contributed by atoms with Crippen molar-refractivity contribution in [3.63, 3.8) is 0 Å². The topological polar surface area (TPSA) is 52.6 Å². The largest absolute Gasteiger partial charge is 0.508 e. The summed E-state index contributed by atoms with van der Waals surface area (Å²) in [6.07, 6.45) is 2.01. The first-order valence-electron chi connectivity index (χ1n) is 6.41. The summed E-state index contributed by atoms with van der Waals surface area (Å²) < 4.78 is 0. The number of hydrogen-bond acceptors (Lipinski definition) is 3. The van der Waals surface area contributed by atoms with Crippen LogP contribution in [0.2, 0.25) is 0 Å². The summed E-state index contributed by atoms with van der Waals surface area (Å²) in [5.41, 5.74) is 0.789. The van der Waals surface area contributed by atoms with Gasteiger partial charge in [-0.25, -0.2) is 0 Å². The normalized spacial score (nSPS) is 19.5. The SMILES string of the molecule is CN(Cc1ccccc1O)C(=O)C1CCCNC1. The Morgan fingerprint density at radius 2 is 2.28 bits per heavy atom. The average molecular weight is 248 g/mol. The molecule has 0 aliphatic carbocycles. The van der Waals surface area contributed by atoms with E-state index in [1.807, 2.05) is 12.1 Å². The maximum atomic E-state index is 12.2. The van der Waals surface area contributed by atoms with Crippen molar-refractivity contribution in [2.45, 2.75) is 19.4 Å². The van der Waals surface area contributed by atoms with E-state index in [0.717, 1.165) is 31.5 Å². The molecule has 1 aliphatic heterocycles. The van der Waals surface area contributed by atoms with Crippen LogP contribution in [0.15, 0.2) is 24.3 Å². The molecule has 1 aliphatic rings. The van der Waals surface area contributed by atoms with Crippen molar-refractivity contribution in [1.82, 2.24) is 10.2 Å². The average Bonchev–Trinajstić information content (AvgIpc) is 2.41. The highest BCUT2D eigenvalue weighted by atomic mass is 16.3. The molecule has 1 unspecified atom stereocenters. The number of phenols is 1. The number of carbonyl (C=O) groups excluding carboxylic acids is 1. The molecule has 1 aromatic rings. The van der Waals surface area contributed by atoms with E-state index in [4.69, 9.17) is 0 Å². The van der Waals surface area contributed by atoms with E-state index < -0.39 is 0 Å². The zero-order chi connectivity index (χ0) is 13.0. The Hall–Kier alpha value is -1.55. The van der Waals surface area contributed by atoms with E-state index in [2.05, 4.69) is 5.32 Å². The van der Waals surface area contributed by atoms with E-state index in [-0.39, 0.29) is 17.6 Å². The van der Waals surface area contributed by atoms with Crippen LogP contribution in [-0.2, 0) is 11.3 Å². The summed E-state index contributed by atoms with van der Waals surface area (Å²) in [6, 6.07) is 7.15. The summed E-state index contributed by atoms with van der Waals surface area (Å²) in [4.78, 5) is 13.9. The van der Waals surface area contributed by atoms with Gasteiger partial charge in [0.25, 0.3) is 0 Å². The summed E-state index contributed by atoms with van der Waals surface area (Å²) in [5, 5.41) is 13.0. The smallest absolute Gasteiger partial charge is 0.227 e. The Labute approximate surface area is 108 Å². The van der Waals surface area contributed by atoms with Crippen LogP contribution in [-0.4, -0.2) is 36.1 Å². The Bertz CT molecular complexity index is 414. The summed E-state index contributed by atoms with van der Waals surface area (Å²) in [5.74, 6) is 0.485. The summed E-state index contributed by atoms with van der Waals surface area (Å²) in [6.45, 7) is 2.24. The van der Waals surface area contributed by atoms with Crippen molar-refractivity contribution < 1.29 is 9.90 Å². The van der Waals surface area contributed by atoms with Gasteiger partial charge in [-0.3, -0.25) is 4.79 Å². The third-order valence-electron chi connectivity index (χ3n) is 3.42.